The molecule has 0 bridgehead atoms. The normalized spacial score (nSPS) is 22.1. The highest BCUT2D eigenvalue weighted by atomic mass is 79.9. The van der Waals surface area contributed by atoms with E-state index in [9.17, 15) is 18.8 Å². The predicted molar refractivity (Wildman–Crippen MR) is 124 cm³/mol. The minimum atomic E-state index is -1.03. The molecule has 3 atom stereocenters. The van der Waals surface area contributed by atoms with Crippen LogP contribution in [0.15, 0.2) is 77.3 Å². The number of imide groups is 1. The number of nitrogens with zero attached hydrogens (tertiary/aromatic N) is 2. The number of aryl methyl sites for hydroxylation is 1. The predicted octanol–water partition coefficient (Wildman–Crippen LogP) is 4.16. The molecule has 2 heterocycles. The highest BCUT2D eigenvalue weighted by molar-refractivity contribution is 9.10. The second-order valence-corrected chi connectivity index (χ2v) is 9.08. The Labute approximate surface area is 198 Å². The zero-order valence-corrected chi connectivity index (χ0v) is 19.1. The van der Waals surface area contributed by atoms with E-state index >= 15 is 0 Å². The fourth-order valence-corrected chi connectivity index (χ4v) is 4.90. The standard InChI is InChI=1S/C25H19BrFN3O3/c1-14-4-2-7-19(12-14)29-24(32)20-21(15-8-10-18(27)11-9-15)28-30(22(20)25(29)33)23(31)16-5-3-6-17(26)13-16/h2-13,20-22,28H,1H3/t20-,21-,22+/m1/s1. The fraction of sp³-hybridized carbons (Fsp3) is 0.160. The van der Waals surface area contributed by atoms with Crippen LogP contribution in [-0.2, 0) is 9.59 Å². The van der Waals surface area contributed by atoms with Gasteiger partial charge in [0.05, 0.1) is 17.6 Å². The number of hydrazine groups is 1. The molecule has 2 aliphatic heterocycles. The smallest absolute Gasteiger partial charge is 0.268 e. The number of carbonyl (C=O) groups is 3. The Bertz CT molecular complexity index is 1280. The van der Waals surface area contributed by atoms with Crippen LogP contribution in [0.4, 0.5) is 10.1 Å². The molecule has 3 aromatic rings. The molecule has 5 rings (SSSR count). The largest absolute Gasteiger partial charge is 0.274 e. The SMILES string of the molecule is Cc1cccc(N2C(=O)[C@@H]3[C@@H](c4ccc(F)cc4)NN(C(=O)c4cccc(Br)c4)[C@@H]3C2=O)c1. The molecule has 0 radical (unpaired) electrons. The molecule has 0 unspecified atom stereocenters. The minimum absolute atomic E-state index is 0.365. The molecule has 3 aromatic carbocycles. The molecular formula is C25H19BrFN3O3. The molecule has 2 fully saturated rings. The van der Waals surface area contributed by atoms with Gasteiger partial charge in [-0.2, -0.15) is 0 Å². The molecule has 0 saturated carbocycles. The van der Waals surface area contributed by atoms with Crippen LogP contribution in [0.1, 0.15) is 27.5 Å². The maximum atomic E-state index is 13.6. The highest BCUT2D eigenvalue weighted by Gasteiger charge is 2.60. The van der Waals surface area contributed by atoms with Gasteiger partial charge < -0.3 is 0 Å². The third-order valence-electron chi connectivity index (χ3n) is 6.01. The highest BCUT2D eigenvalue weighted by Crippen LogP contribution is 2.42. The number of halogens is 2. The summed E-state index contributed by atoms with van der Waals surface area (Å²) in [7, 11) is 0. The first-order chi connectivity index (χ1) is 15.8. The van der Waals surface area contributed by atoms with Gasteiger partial charge in [0.1, 0.15) is 11.9 Å². The summed E-state index contributed by atoms with van der Waals surface area (Å²) < 4.78 is 14.3. The van der Waals surface area contributed by atoms with Crippen LogP contribution in [-0.4, -0.2) is 28.8 Å². The van der Waals surface area contributed by atoms with Gasteiger partial charge in [-0.05, 0) is 60.5 Å². The number of benzene rings is 3. The van der Waals surface area contributed by atoms with Gasteiger partial charge in [0.15, 0.2) is 0 Å². The van der Waals surface area contributed by atoms with Gasteiger partial charge in [-0.25, -0.2) is 14.7 Å². The van der Waals surface area contributed by atoms with Crippen molar-refractivity contribution in [2.45, 2.75) is 19.0 Å². The lowest BCUT2D eigenvalue weighted by molar-refractivity contribution is -0.123. The van der Waals surface area contributed by atoms with Crippen LogP contribution in [0.3, 0.4) is 0 Å². The molecule has 0 aromatic heterocycles. The number of fused-ring (bicyclic) bond motifs is 1. The van der Waals surface area contributed by atoms with Crippen LogP contribution in [0, 0.1) is 18.7 Å². The lowest BCUT2D eigenvalue weighted by Gasteiger charge is -2.25. The van der Waals surface area contributed by atoms with Gasteiger partial charge in [0, 0.05) is 10.0 Å². The Morgan fingerprint density at radius 2 is 1.70 bits per heavy atom. The van der Waals surface area contributed by atoms with Crippen molar-refractivity contribution in [1.82, 2.24) is 10.4 Å². The van der Waals surface area contributed by atoms with E-state index < -0.39 is 41.5 Å². The topological polar surface area (TPSA) is 69.7 Å². The molecule has 6 nitrogen and oxygen atoms in total. The number of rotatable bonds is 3. The lowest BCUT2D eigenvalue weighted by Crippen LogP contribution is -2.48. The van der Waals surface area contributed by atoms with Gasteiger partial charge in [-0.3, -0.25) is 19.4 Å². The molecule has 8 heteroatoms. The van der Waals surface area contributed by atoms with Crippen molar-refractivity contribution in [3.63, 3.8) is 0 Å². The van der Waals surface area contributed by atoms with Gasteiger partial charge in [0.25, 0.3) is 11.8 Å². The average Bonchev–Trinajstić information content (AvgIpc) is 3.30. The summed E-state index contributed by atoms with van der Waals surface area (Å²) in [4.78, 5) is 41.7. The number of carbonyl (C=O) groups excluding carboxylic acids is 3. The van der Waals surface area contributed by atoms with E-state index in [0.717, 1.165) is 14.9 Å². The van der Waals surface area contributed by atoms with E-state index in [1.165, 1.54) is 17.1 Å². The molecule has 3 amide bonds. The number of anilines is 1. The monoisotopic (exact) mass is 507 g/mol. The van der Waals surface area contributed by atoms with Crippen molar-refractivity contribution >= 4 is 39.3 Å². The zero-order valence-electron chi connectivity index (χ0n) is 17.5. The van der Waals surface area contributed by atoms with Crippen molar-refractivity contribution in [3.05, 3.63) is 99.8 Å². The summed E-state index contributed by atoms with van der Waals surface area (Å²) in [5.41, 5.74) is 5.42. The molecule has 2 aliphatic rings. The third kappa shape index (κ3) is 3.65. The van der Waals surface area contributed by atoms with E-state index in [1.54, 1.807) is 54.6 Å². The third-order valence-corrected chi connectivity index (χ3v) is 6.51. The van der Waals surface area contributed by atoms with E-state index in [-0.39, 0.29) is 0 Å². The Kier molecular flexibility index (Phi) is 5.34. The summed E-state index contributed by atoms with van der Waals surface area (Å²) in [6, 6.07) is 18.0. The number of amides is 3. The first-order valence-electron chi connectivity index (χ1n) is 10.4. The molecule has 166 valence electrons. The molecule has 0 aliphatic carbocycles. The maximum Gasteiger partial charge on any atom is 0.268 e. The number of nitrogens with one attached hydrogen (secondary N) is 1. The summed E-state index contributed by atoms with van der Waals surface area (Å²) in [5.74, 6) is -2.56. The summed E-state index contributed by atoms with van der Waals surface area (Å²) in [6.45, 7) is 1.88. The van der Waals surface area contributed by atoms with Gasteiger partial charge >= 0.3 is 0 Å². The fourth-order valence-electron chi connectivity index (χ4n) is 4.50. The minimum Gasteiger partial charge on any atom is -0.274 e. The second-order valence-electron chi connectivity index (χ2n) is 8.17. The maximum absolute atomic E-state index is 13.6. The second kappa shape index (κ2) is 8.20. The Balaban J connectivity index is 1.59. The molecule has 2 saturated heterocycles. The summed E-state index contributed by atoms with van der Waals surface area (Å²) >= 11 is 3.36. The molecular weight excluding hydrogens is 489 g/mol. The Morgan fingerprint density at radius 3 is 2.39 bits per heavy atom. The van der Waals surface area contributed by atoms with Crippen molar-refractivity contribution < 1.29 is 18.8 Å². The summed E-state index contributed by atoms with van der Waals surface area (Å²) in [6.07, 6.45) is 0. The van der Waals surface area contributed by atoms with Crippen molar-refractivity contribution in [2.75, 3.05) is 4.90 Å². The van der Waals surface area contributed by atoms with E-state index in [0.29, 0.717) is 16.8 Å². The van der Waals surface area contributed by atoms with Crippen molar-refractivity contribution in [3.8, 4) is 0 Å². The first kappa shape index (κ1) is 21.5. The van der Waals surface area contributed by atoms with Crippen molar-refractivity contribution in [2.24, 2.45) is 5.92 Å². The zero-order chi connectivity index (χ0) is 23.3. The van der Waals surface area contributed by atoms with Gasteiger partial charge in [-0.1, -0.05) is 46.3 Å². The lowest BCUT2D eigenvalue weighted by atomic mass is 9.91. The van der Waals surface area contributed by atoms with Gasteiger partial charge in [0.2, 0.25) is 5.91 Å². The Hall–Kier alpha value is -3.36. The van der Waals surface area contributed by atoms with Crippen LogP contribution in [0.5, 0.6) is 0 Å². The molecule has 0 spiro atoms. The van der Waals surface area contributed by atoms with Gasteiger partial charge in [-0.15, -0.1) is 0 Å². The van der Waals surface area contributed by atoms with E-state index in [2.05, 4.69) is 21.4 Å². The summed E-state index contributed by atoms with van der Waals surface area (Å²) in [5, 5.41) is 1.25. The number of hydrogen-bond donors (Lipinski definition) is 1. The van der Waals surface area contributed by atoms with E-state index in [4.69, 9.17) is 0 Å². The van der Waals surface area contributed by atoms with Crippen LogP contribution in [0.25, 0.3) is 0 Å². The van der Waals surface area contributed by atoms with Crippen LogP contribution < -0.4 is 10.3 Å². The van der Waals surface area contributed by atoms with Crippen LogP contribution in [0.2, 0.25) is 0 Å². The molecule has 33 heavy (non-hydrogen) atoms. The van der Waals surface area contributed by atoms with Crippen molar-refractivity contribution in [1.29, 1.82) is 0 Å². The van der Waals surface area contributed by atoms with E-state index in [1.807, 2.05) is 13.0 Å². The number of hydrogen-bond acceptors (Lipinski definition) is 4. The first-order valence-corrected chi connectivity index (χ1v) is 11.2. The Morgan fingerprint density at radius 1 is 0.970 bits per heavy atom. The molecule has 1 N–H and O–H groups in total. The average molecular weight is 508 g/mol. The quantitative estimate of drug-likeness (QED) is 0.540. The van der Waals surface area contributed by atoms with Crippen LogP contribution >= 0.6 is 15.9 Å².